The van der Waals surface area contributed by atoms with Crippen LogP contribution in [0.3, 0.4) is 0 Å². The van der Waals surface area contributed by atoms with Crippen LogP contribution in [-0.2, 0) is 11.3 Å². The number of nitrogens with one attached hydrogen (secondary N) is 1. The van der Waals surface area contributed by atoms with Crippen molar-refractivity contribution in [2.75, 3.05) is 0 Å². The third-order valence-corrected chi connectivity index (χ3v) is 5.34. The highest BCUT2D eigenvalue weighted by Gasteiger charge is 2.29. The Morgan fingerprint density at radius 2 is 2.21 bits per heavy atom. The standard InChI is InChI=1S/C17H14BrN3O2S/c18-12-3-1-2-11(8-12)17-20-15(21-23-17)14-7-6-13(24-14)9-19-16(22)10-4-5-10/h1-3,6-8,10H,4-5,9H2,(H,19,22). The molecule has 1 N–H and O–H groups in total. The van der Waals surface area contributed by atoms with E-state index in [9.17, 15) is 4.79 Å². The maximum atomic E-state index is 11.7. The summed E-state index contributed by atoms with van der Waals surface area (Å²) in [5.74, 6) is 1.44. The summed E-state index contributed by atoms with van der Waals surface area (Å²) < 4.78 is 6.32. The van der Waals surface area contributed by atoms with E-state index in [0.29, 0.717) is 18.3 Å². The second-order valence-corrected chi connectivity index (χ2v) is 7.78. The zero-order chi connectivity index (χ0) is 16.5. The summed E-state index contributed by atoms with van der Waals surface area (Å²) in [6, 6.07) is 11.7. The van der Waals surface area contributed by atoms with Gasteiger partial charge in [0.2, 0.25) is 11.7 Å². The molecule has 0 bridgehead atoms. The monoisotopic (exact) mass is 403 g/mol. The van der Waals surface area contributed by atoms with Crippen molar-refractivity contribution in [2.45, 2.75) is 19.4 Å². The number of amides is 1. The Hall–Kier alpha value is -1.99. The molecule has 1 saturated carbocycles. The molecule has 5 nitrogen and oxygen atoms in total. The fourth-order valence-corrected chi connectivity index (χ4v) is 3.59. The predicted octanol–water partition coefficient (Wildman–Crippen LogP) is 4.25. The summed E-state index contributed by atoms with van der Waals surface area (Å²) in [6.07, 6.45) is 2.03. The molecule has 0 saturated heterocycles. The lowest BCUT2D eigenvalue weighted by Gasteiger charge is -2.00. The van der Waals surface area contributed by atoms with Crippen LogP contribution in [0.15, 0.2) is 45.4 Å². The molecular formula is C17H14BrN3O2S. The van der Waals surface area contributed by atoms with Gasteiger partial charge in [-0.3, -0.25) is 4.79 Å². The van der Waals surface area contributed by atoms with Gasteiger partial charge in [0.15, 0.2) is 0 Å². The molecule has 0 radical (unpaired) electrons. The summed E-state index contributed by atoms with van der Waals surface area (Å²) in [5.41, 5.74) is 0.872. The molecule has 1 aliphatic carbocycles. The van der Waals surface area contributed by atoms with Gasteiger partial charge < -0.3 is 9.84 Å². The average Bonchev–Trinajstić information content (AvgIpc) is 3.13. The molecule has 7 heteroatoms. The molecule has 24 heavy (non-hydrogen) atoms. The van der Waals surface area contributed by atoms with Crippen molar-refractivity contribution >= 4 is 33.2 Å². The summed E-state index contributed by atoms with van der Waals surface area (Å²) in [5, 5.41) is 7.03. The molecule has 0 spiro atoms. The number of halogens is 1. The molecule has 0 aliphatic heterocycles. The van der Waals surface area contributed by atoms with E-state index in [4.69, 9.17) is 4.52 Å². The van der Waals surface area contributed by atoms with Crippen LogP contribution in [0.2, 0.25) is 0 Å². The van der Waals surface area contributed by atoms with Gasteiger partial charge in [-0.25, -0.2) is 0 Å². The first-order valence-electron chi connectivity index (χ1n) is 7.65. The van der Waals surface area contributed by atoms with Gasteiger partial charge in [0.05, 0.1) is 11.4 Å². The number of hydrogen-bond donors (Lipinski definition) is 1. The highest BCUT2D eigenvalue weighted by molar-refractivity contribution is 9.10. The summed E-state index contributed by atoms with van der Waals surface area (Å²) >= 11 is 5.00. The van der Waals surface area contributed by atoms with Crippen molar-refractivity contribution < 1.29 is 9.32 Å². The van der Waals surface area contributed by atoms with Gasteiger partial charge in [0.25, 0.3) is 5.89 Å². The Morgan fingerprint density at radius 3 is 3.00 bits per heavy atom. The van der Waals surface area contributed by atoms with Crippen LogP contribution in [0, 0.1) is 5.92 Å². The number of carbonyl (C=O) groups excluding carboxylic acids is 1. The molecule has 0 atom stereocenters. The number of hydrogen-bond acceptors (Lipinski definition) is 5. The SMILES string of the molecule is O=C(NCc1ccc(-c2noc(-c3cccc(Br)c3)n2)s1)C1CC1. The minimum absolute atomic E-state index is 0.154. The van der Waals surface area contributed by atoms with Gasteiger partial charge in [-0.05, 0) is 43.2 Å². The topological polar surface area (TPSA) is 68.0 Å². The van der Waals surface area contributed by atoms with Crippen molar-refractivity contribution in [1.82, 2.24) is 15.5 Å². The Bertz CT molecular complexity index is 885. The van der Waals surface area contributed by atoms with Crippen LogP contribution < -0.4 is 5.32 Å². The third-order valence-electron chi connectivity index (χ3n) is 3.76. The van der Waals surface area contributed by atoms with Gasteiger partial charge in [0.1, 0.15) is 0 Å². The van der Waals surface area contributed by atoms with Crippen molar-refractivity contribution in [2.24, 2.45) is 5.92 Å². The maximum absolute atomic E-state index is 11.7. The largest absolute Gasteiger partial charge is 0.351 e. The van der Waals surface area contributed by atoms with Gasteiger partial charge in [0, 0.05) is 20.8 Å². The second kappa shape index (κ2) is 6.49. The lowest BCUT2D eigenvalue weighted by Crippen LogP contribution is -2.23. The molecule has 0 unspecified atom stereocenters. The fourth-order valence-electron chi connectivity index (χ4n) is 2.32. The number of nitrogens with zero attached hydrogens (tertiary/aromatic N) is 2. The molecular weight excluding hydrogens is 390 g/mol. The Kier molecular flexibility index (Phi) is 4.20. The van der Waals surface area contributed by atoms with Gasteiger partial charge in [-0.2, -0.15) is 4.98 Å². The molecule has 2 heterocycles. The van der Waals surface area contributed by atoms with Gasteiger partial charge in [-0.1, -0.05) is 27.2 Å². The van der Waals surface area contributed by atoms with E-state index < -0.39 is 0 Å². The number of thiophene rings is 1. The van der Waals surface area contributed by atoms with E-state index in [2.05, 4.69) is 31.4 Å². The van der Waals surface area contributed by atoms with Crippen molar-refractivity contribution in [3.8, 4) is 22.2 Å². The van der Waals surface area contributed by atoms with Gasteiger partial charge in [-0.15, -0.1) is 11.3 Å². The lowest BCUT2D eigenvalue weighted by molar-refractivity contribution is -0.122. The average molecular weight is 404 g/mol. The fraction of sp³-hybridized carbons (Fsp3) is 0.235. The molecule has 1 amide bonds. The zero-order valence-electron chi connectivity index (χ0n) is 12.7. The van der Waals surface area contributed by atoms with Crippen molar-refractivity contribution in [3.63, 3.8) is 0 Å². The number of carbonyl (C=O) groups is 1. The molecule has 1 aromatic carbocycles. The molecule has 1 fully saturated rings. The zero-order valence-corrected chi connectivity index (χ0v) is 15.1. The predicted molar refractivity (Wildman–Crippen MR) is 95.3 cm³/mol. The first kappa shape index (κ1) is 15.5. The highest BCUT2D eigenvalue weighted by atomic mass is 79.9. The minimum Gasteiger partial charge on any atom is -0.351 e. The van der Waals surface area contributed by atoms with Crippen molar-refractivity contribution in [3.05, 3.63) is 45.7 Å². The summed E-state index contributed by atoms with van der Waals surface area (Å²) in [4.78, 5) is 18.2. The van der Waals surface area contributed by atoms with E-state index in [-0.39, 0.29) is 11.8 Å². The lowest BCUT2D eigenvalue weighted by atomic mass is 10.2. The van der Waals surface area contributed by atoms with Crippen LogP contribution in [0.4, 0.5) is 0 Å². The Balaban J connectivity index is 1.47. The first-order valence-corrected chi connectivity index (χ1v) is 9.26. The van der Waals surface area contributed by atoms with Crippen LogP contribution in [0.1, 0.15) is 17.7 Å². The van der Waals surface area contributed by atoms with E-state index >= 15 is 0 Å². The quantitative estimate of drug-likeness (QED) is 0.690. The Morgan fingerprint density at radius 1 is 1.33 bits per heavy atom. The van der Waals surface area contributed by atoms with E-state index in [1.165, 1.54) is 0 Å². The summed E-state index contributed by atoms with van der Waals surface area (Å²) in [6.45, 7) is 0.552. The van der Waals surface area contributed by atoms with Gasteiger partial charge >= 0.3 is 0 Å². The first-order chi connectivity index (χ1) is 11.7. The van der Waals surface area contributed by atoms with Crippen LogP contribution in [0.5, 0.6) is 0 Å². The maximum Gasteiger partial charge on any atom is 0.258 e. The molecule has 2 aromatic heterocycles. The summed E-state index contributed by atoms with van der Waals surface area (Å²) in [7, 11) is 0. The molecule has 1 aliphatic rings. The van der Waals surface area contributed by atoms with E-state index in [1.54, 1.807) is 11.3 Å². The third kappa shape index (κ3) is 3.42. The number of rotatable bonds is 5. The normalized spacial score (nSPS) is 13.9. The molecule has 3 aromatic rings. The van der Waals surface area contributed by atoms with Crippen LogP contribution in [-0.4, -0.2) is 16.0 Å². The number of benzene rings is 1. The van der Waals surface area contributed by atoms with Crippen molar-refractivity contribution in [1.29, 1.82) is 0 Å². The second-order valence-electron chi connectivity index (χ2n) is 5.69. The van der Waals surface area contributed by atoms with E-state index in [1.807, 2.05) is 36.4 Å². The number of aromatic nitrogens is 2. The Labute approximate surface area is 151 Å². The smallest absolute Gasteiger partial charge is 0.258 e. The van der Waals surface area contributed by atoms with Crippen LogP contribution >= 0.6 is 27.3 Å². The molecule has 122 valence electrons. The van der Waals surface area contributed by atoms with Crippen LogP contribution in [0.25, 0.3) is 22.2 Å². The highest BCUT2D eigenvalue weighted by Crippen LogP contribution is 2.30. The molecule has 4 rings (SSSR count). The van der Waals surface area contributed by atoms with E-state index in [0.717, 1.165) is 32.6 Å². The minimum atomic E-state index is 0.154.